The molecule has 4 rings (SSSR count). The van der Waals surface area contributed by atoms with Crippen molar-refractivity contribution in [1.29, 1.82) is 0 Å². The summed E-state index contributed by atoms with van der Waals surface area (Å²) in [6, 6.07) is 8.37. The molecule has 0 aromatic heterocycles. The Morgan fingerprint density at radius 1 is 1.24 bits per heavy atom. The highest BCUT2D eigenvalue weighted by Crippen LogP contribution is 2.49. The molecule has 0 bridgehead atoms. The van der Waals surface area contributed by atoms with Crippen molar-refractivity contribution in [2.24, 2.45) is 5.16 Å². The predicted molar refractivity (Wildman–Crippen MR) is 122 cm³/mol. The van der Waals surface area contributed by atoms with E-state index in [2.05, 4.69) is 5.16 Å². The third-order valence-electron chi connectivity index (χ3n) is 6.16. The Morgan fingerprint density at radius 3 is 2.47 bits per heavy atom. The number of halogens is 5. The van der Waals surface area contributed by atoms with Gasteiger partial charge in [-0.3, -0.25) is 9.69 Å². The third kappa shape index (κ3) is 4.37. The molecular weight excluding hydrogens is 494 g/mol. The molecule has 1 unspecified atom stereocenters. The van der Waals surface area contributed by atoms with Crippen molar-refractivity contribution in [2.45, 2.75) is 38.3 Å². The van der Waals surface area contributed by atoms with Crippen LogP contribution in [0.25, 0.3) is 0 Å². The van der Waals surface area contributed by atoms with E-state index in [9.17, 15) is 23.1 Å². The molecule has 1 N–H and O–H groups in total. The quantitative estimate of drug-likeness (QED) is 0.626. The Balaban J connectivity index is 1.60. The normalized spacial score (nSPS) is 23.2. The number of oxime groups is 1. The van der Waals surface area contributed by atoms with Crippen LogP contribution in [0.1, 0.15) is 40.4 Å². The average Bonchev–Trinajstić information content (AvgIpc) is 3.37. The van der Waals surface area contributed by atoms with E-state index in [1.165, 1.54) is 11.0 Å². The number of aryl methyl sites for hydroxylation is 1. The highest BCUT2D eigenvalue weighted by Gasteiger charge is 2.62. The van der Waals surface area contributed by atoms with Crippen LogP contribution in [-0.4, -0.2) is 58.7 Å². The third-order valence-corrected chi connectivity index (χ3v) is 6.59. The maximum atomic E-state index is 14.2. The second kappa shape index (κ2) is 9.03. The number of benzene rings is 2. The number of carbonyl (C=O) groups excluding carboxylic acids is 1. The van der Waals surface area contributed by atoms with Gasteiger partial charge in [0.15, 0.2) is 0 Å². The van der Waals surface area contributed by atoms with E-state index in [1.807, 2.05) is 6.92 Å². The predicted octanol–water partition coefficient (Wildman–Crippen LogP) is 4.94. The van der Waals surface area contributed by atoms with Crippen LogP contribution >= 0.6 is 23.2 Å². The Kier molecular flexibility index (Phi) is 6.58. The number of aliphatic hydroxyl groups excluding tert-OH is 1. The second-order valence-corrected chi connectivity index (χ2v) is 9.25. The molecule has 2 aliphatic heterocycles. The zero-order chi connectivity index (χ0) is 24.8. The fraction of sp³-hybridized carbons (Fsp3) is 0.391. The summed E-state index contributed by atoms with van der Waals surface area (Å²) in [4.78, 5) is 21.3. The molecule has 2 aromatic carbocycles. The number of β-amino-alcohol motifs (C(OH)–C–C–N with tert-alkyl or cyclic N) is 1. The Labute approximate surface area is 204 Å². The SMILES string of the molecule is CCN1CN(C(=O)c2ccc(C3=NOC(c4cc(Cl)cc(Cl)c4)(C(F)(F)F)C3)cc2C)C[C@H]1O. The van der Waals surface area contributed by atoms with Crippen LogP contribution in [0.3, 0.4) is 0 Å². The molecule has 2 aromatic rings. The fourth-order valence-electron chi connectivity index (χ4n) is 4.24. The summed E-state index contributed by atoms with van der Waals surface area (Å²) in [6.45, 7) is 4.67. The van der Waals surface area contributed by atoms with Gasteiger partial charge in [0.25, 0.3) is 11.5 Å². The minimum atomic E-state index is -4.79. The average molecular weight is 516 g/mol. The molecule has 1 amide bonds. The summed E-state index contributed by atoms with van der Waals surface area (Å²) in [6.07, 6.45) is -6.10. The number of hydrogen-bond donors (Lipinski definition) is 1. The minimum Gasteiger partial charge on any atom is -0.376 e. The maximum absolute atomic E-state index is 14.2. The van der Waals surface area contributed by atoms with Gasteiger partial charge in [-0.15, -0.1) is 0 Å². The van der Waals surface area contributed by atoms with Gasteiger partial charge in [0.2, 0.25) is 0 Å². The largest absolute Gasteiger partial charge is 0.435 e. The topological polar surface area (TPSA) is 65.4 Å². The van der Waals surface area contributed by atoms with Crippen LogP contribution in [0.15, 0.2) is 41.6 Å². The number of likely N-dealkylation sites (N-methyl/N-ethyl adjacent to an activating group) is 1. The molecule has 1 saturated heterocycles. The van der Waals surface area contributed by atoms with Crippen molar-refractivity contribution in [3.63, 3.8) is 0 Å². The first-order valence-corrected chi connectivity index (χ1v) is 11.3. The first-order valence-electron chi connectivity index (χ1n) is 10.6. The smallest absolute Gasteiger partial charge is 0.376 e. The molecule has 34 heavy (non-hydrogen) atoms. The summed E-state index contributed by atoms with van der Waals surface area (Å²) in [5.41, 5.74) is -1.50. The van der Waals surface area contributed by atoms with Crippen molar-refractivity contribution in [3.8, 4) is 0 Å². The molecule has 6 nitrogen and oxygen atoms in total. The van der Waals surface area contributed by atoms with Crippen LogP contribution in [0.2, 0.25) is 10.0 Å². The first-order chi connectivity index (χ1) is 15.9. The zero-order valence-electron chi connectivity index (χ0n) is 18.4. The highest BCUT2D eigenvalue weighted by atomic mass is 35.5. The van der Waals surface area contributed by atoms with Crippen molar-refractivity contribution in [1.82, 2.24) is 9.80 Å². The lowest BCUT2D eigenvalue weighted by atomic mass is 9.86. The van der Waals surface area contributed by atoms with Crippen molar-refractivity contribution < 1.29 is 27.9 Å². The maximum Gasteiger partial charge on any atom is 0.435 e. The van der Waals surface area contributed by atoms with Gasteiger partial charge in [-0.1, -0.05) is 41.3 Å². The summed E-state index contributed by atoms with van der Waals surface area (Å²) in [5, 5.41) is 13.9. The van der Waals surface area contributed by atoms with E-state index in [0.29, 0.717) is 29.9 Å². The van der Waals surface area contributed by atoms with Gasteiger partial charge in [-0.2, -0.15) is 13.2 Å². The molecule has 0 spiro atoms. The van der Waals surface area contributed by atoms with Crippen LogP contribution in [0.4, 0.5) is 13.2 Å². The standard InChI is InChI=1S/C23H22Cl2F3N3O3/c1-3-30-12-31(11-20(30)32)21(33)18-5-4-14(6-13(18)2)19-10-22(34-29-19,23(26,27)28)15-7-16(24)9-17(25)8-15/h4-9,20,32H,3,10-12H2,1-2H3/t20-,22?/m1/s1. The number of carbonyl (C=O) groups is 1. The van der Waals surface area contributed by atoms with Gasteiger partial charge in [0.1, 0.15) is 6.23 Å². The van der Waals surface area contributed by atoms with E-state index in [4.69, 9.17) is 28.0 Å². The summed E-state index contributed by atoms with van der Waals surface area (Å²) >= 11 is 11.9. The van der Waals surface area contributed by atoms with E-state index >= 15 is 0 Å². The van der Waals surface area contributed by atoms with E-state index in [-0.39, 0.29) is 33.8 Å². The van der Waals surface area contributed by atoms with Crippen molar-refractivity contribution in [2.75, 3.05) is 19.8 Å². The lowest BCUT2D eigenvalue weighted by Crippen LogP contribution is -2.42. The summed E-state index contributed by atoms with van der Waals surface area (Å²) < 4.78 is 42.6. The molecule has 0 saturated carbocycles. The molecular formula is C23H22Cl2F3N3O3. The van der Waals surface area contributed by atoms with E-state index < -0.39 is 24.4 Å². The molecule has 182 valence electrons. The second-order valence-electron chi connectivity index (χ2n) is 8.37. The van der Waals surface area contributed by atoms with Crippen molar-refractivity contribution in [3.05, 3.63) is 68.7 Å². The lowest BCUT2D eigenvalue weighted by Gasteiger charge is -2.29. The van der Waals surface area contributed by atoms with Gasteiger partial charge < -0.3 is 14.8 Å². The van der Waals surface area contributed by atoms with E-state index in [1.54, 1.807) is 30.0 Å². The van der Waals surface area contributed by atoms with E-state index in [0.717, 1.165) is 12.1 Å². The summed E-state index contributed by atoms with van der Waals surface area (Å²) in [5.74, 6) is -0.262. The number of aliphatic hydroxyl groups is 1. The first kappa shape index (κ1) is 24.8. The number of nitrogens with zero attached hydrogens (tertiary/aromatic N) is 3. The number of alkyl halides is 3. The summed E-state index contributed by atoms with van der Waals surface area (Å²) in [7, 11) is 0. The molecule has 2 atom stereocenters. The van der Waals surface area contributed by atoms with Gasteiger partial charge in [0.05, 0.1) is 18.9 Å². The van der Waals surface area contributed by atoms with Gasteiger partial charge >= 0.3 is 6.18 Å². The monoisotopic (exact) mass is 515 g/mol. The Bertz CT molecular complexity index is 1140. The number of amides is 1. The van der Waals surface area contributed by atoms with Crippen LogP contribution in [-0.2, 0) is 10.4 Å². The highest BCUT2D eigenvalue weighted by molar-refractivity contribution is 6.34. The molecule has 11 heteroatoms. The molecule has 0 radical (unpaired) electrons. The number of hydrogen-bond acceptors (Lipinski definition) is 5. The molecule has 0 aliphatic carbocycles. The lowest BCUT2D eigenvalue weighted by molar-refractivity contribution is -0.275. The van der Waals surface area contributed by atoms with Gasteiger partial charge in [0, 0.05) is 27.6 Å². The fourth-order valence-corrected chi connectivity index (χ4v) is 4.77. The van der Waals surface area contributed by atoms with Crippen LogP contribution in [0.5, 0.6) is 0 Å². The molecule has 1 fully saturated rings. The van der Waals surface area contributed by atoms with Crippen molar-refractivity contribution >= 4 is 34.8 Å². The van der Waals surface area contributed by atoms with Gasteiger partial charge in [-0.05, 0) is 54.9 Å². The number of rotatable bonds is 4. The Hall–Kier alpha value is -2.33. The van der Waals surface area contributed by atoms with Gasteiger partial charge in [-0.25, -0.2) is 0 Å². The van der Waals surface area contributed by atoms with Crippen LogP contribution in [0, 0.1) is 6.92 Å². The van der Waals surface area contributed by atoms with Crippen LogP contribution < -0.4 is 0 Å². The molecule has 2 heterocycles. The zero-order valence-corrected chi connectivity index (χ0v) is 19.9. The molecule has 2 aliphatic rings. The minimum absolute atomic E-state index is 0.0514. The Morgan fingerprint density at radius 2 is 1.91 bits per heavy atom.